The summed E-state index contributed by atoms with van der Waals surface area (Å²) in [6, 6.07) is -0.324. The number of morpholine rings is 1. The number of nitrogens with zero attached hydrogens (tertiary/aromatic N) is 4. The first-order chi connectivity index (χ1) is 10.6. The van der Waals surface area contributed by atoms with Gasteiger partial charge in [-0.2, -0.15) is 4.98 Å². The maximum atomic E-state index is 12.7. The van der Waals surface area contributed by atoms with Crippen LogP contribution in [0.2, 0.25) is 0 Å². The lowest BCUT2D eigenvalue weighted by molar-refractivity contribution is -0.00604. The second-order valence-corrected chi connectivity index (χ2v) is 6.55. The normalized spacial score (nSPS) is 18.9. The zero-order valence-corrected chi connectivity index (χ0v) is 13.4. The van der Waals surface area contributed by atoms with Gasteiger partial charge in [-0.25, -0.2) is 4.98 Å². The molecule has 1 atom stereocenters. The van der Waals surface area contributed by atoms with Gasteiger partial charge in [0.25, 0.3) is 5.91 Å². The number of amides is 1. The van der Waals surface area contributed by atoms with Gasteiger partial charge in [0, 0.05) is 18.3 Å². The standard InChI is InChI=1S/C14H18N4O3S/c1-9(2)5-12-16-10(7-22-12)14(19)18-3-4-20-6-11(18)13-15-8-21-17-13/h7-9,11H,3-6H2,1-2H3/t11-/m1/s1. The molecule has 2 aromatic heterocycles. The molecule has 7 nitrogen and oxygen atoms in total. The van der Waals surface area contributed by atoms with Crippen LogP contribution in [0.4, 0.5) is 0 Å². The summed E-state index contributed by atoms with van der Waals surface area (Å²) < 4.78 is 10.2. The average molecular weight is 322 g/mol. The van der Waals surface area contributed by atoms with E-state index >= 15 is 0 Å². The smallest absolute Gasteiger partial charge is 0.274 e. The van der Waals surface area contributed by atoms with E-state index in [2.05, 4.69) is 29.0 Å². The average Bonchev–Trinajstić information content (AvgIpc) is 3.17. The van der Waals surface area contributed by atoms with Gasteiger partial charge in [0.15, 0.2) is 5.82 Å². The minimum absolute atomic E-state index is 0.107. The Morgan fingerprint density at radius 3 is 3.14 bits per heavy atom. The molecule has 118 valence electrons. The Labute approximate surface area is 132 Å². The van der Waals surface area contributed by atoms with E-state index in [9.17, 15) is 4.79 Å². The molecule has 3 heterocycles. The fraction of sp³-hybridized carbons (Fsp3) is 0.571. The molecule has 1 aliphatic rings. The van der Waals surface area contributed by atoms with Gasteiger partial charge in [0.2, 0.25) is 6.39 Å². The van der Waals surface area contributed by atoms with Crippen LogP contribution in [0.3, 0.4) is 0 Å². The molecule has 1 aliphatic heterocycles. The number of ether oxygens (including phenoxy) is 1. The van der Waals surface area contributed by atoms with Crippen molar-refractivity contribution in [3.05, 3.63) is 28.3 Å². The van der Waals surface area contributed by atoms with E-state index in [-0.39, 0.29) is 11.9 Å². The minimum Gasteiger partial charge on any atom is -0.377 e. The summed E-state index contributed by atoms with van der Waals surface area (Å²) in [6.45, 7) is 5.64. The summed E-state index contributed by atoms with van der Waals surface area (Å²) in [7, 11) is 0. The van der Waals surface area contributed by atoms with Gasteiger partial charge < -0.3 is 14.2 Å². The largest absolute Gasteiger partial charge is 0.377 e. The summed E-state index contributed by atoms with van der Waals surface area (Å²) in [4.78, 5) is 22.9. The van der Waals surface area contributed by atoms with Crippen molar-refractivity contribution in [2.24, 2.45) is 5.92 Å². The molecule has 3 rings (SSSR count). The fourth-order valence-corrected chi connectivity index (χ4v) is 3.37. The number of aromatic nitrogens is 3. The van der Waals surface area contributed by atoms with Crippen LogP contribution in [0, 0.1) is 5.92 Å². The molecule has 0 aliphatic carbocycles. The first-order valence-electron chi connectivity index (χ1n) is 7.24. The van der Waals surface area contributed by atoms with E-state index in [0.717, 1.165) is 11.4 Å². The van der Waals surface area contributed by atoms with Crippen molar-refractivity contribution in [3.63, 3.8) is 0 Å². The summed E-state index contributed by atoms with van der Waals surface area (Å²) in [6.07, 6.45) is 2.14. The third-order valence-electron chi connectivity index (χ3n) is 3.42. The molecule has 0 unspecified atom stereocenters. The van der Waals surface area contributed by atoms with Crippen LogP contribution in [-0.2, 0) is 11.2 Å². The van der Waals surface area contributed by atoms with Crippen LogP contribution < -0.4 is 0 Å². The Hall–Kier alpha value is -1.80. The number of carbonyl (C=O) groups is 1. The molecule has 0 bridgehead atoms. The Bertz CT molecular complexity index is 626. The topological polar surface area (TPSA) is 81.4 Å². The maximum absolute atomic E-state index is 12.7. The fourth-order valence-electron chi connectivity index (χ4n) is 2.39. The summed E-state index contributed by atoms with van der Waals surface area (Å²) in [5, 5.41) is 6.64. The van der Waals surface area contributed by atoms with Crippen LogP contribution in [0.5, 0.6) is 0 Å². The molecule has 1 amide bonds. The Morgan fingerprint density at radius 1 is 1.55 bits per heavy atom. The molecular formula is C14H18N4O3S. The van der Waals surface area contributed by atoms with E-state index in [1.165, 1.54) is 17.7 Å². The van der Waals surface area contributed by atoms with Crippen LogP contribution >= 0.6 is 11.3 Å². The zero-order chi connectivity index (χ0) is 15.5. The Balaban J connectivity index is 1.78. The molecule has 1 fully saturated rings. The molecule has 0 spiro atoms. The Morgan fingerprint density at radius 2 is 2.41 bits per heavy atom. The molecule has 1 saturated heterocycles. The summed E-state index contributed by atoms with van der Waals surface area (Å²) in [5.41, 5.74) is 0.482. The molecule has 2 aromatic rings. The highest BCUT2D eigenvalue weighted by molar-refractivity contribution is 7.09. The third-order valence-corrected chi connectivity index (χ3v) is 4.29. The molecule has 0 saturated carbocycles. The molecule has 0 aromatic carbocycles. The highest BCUT2D eigenvalue weighted by Crippen LogP contribution is 2.24. The van der Waals surface area contributed by atoms with Crippen molar-refractivity contribution in [2.45, 2.75) is 26.3 Å². The van der Waals surface area contributed by atoms with Crippen molar-refractivity contribution in [3.8, 4) is 0 Å². The number of hydrogen-bond donors (Lipinski definition) is 0. The van der Waals surface area contributed by atoms with E-state index in [1.807, 2.05) is 5.38 Å². The lowest BCUT2D eigenvalue weighted by Crippen LogP contribution is -2.44. The van der Waals surface area contributed by atoms with Crippen molar-refractivity contribution in [2.75, 3.05) is 19.8 Å². The van der Waals surface area contributed by atoms with Gasteiger partial charge in [-0.1, -0.05) is 19.0 Å². The van der Waals surface area contributed by atoms with E-state index < -0.39 is 0 Å². The van der Waals surface area contributed by atoms with Crippen LogP contribution in [0.25, 0.3) is 0 Å². The van der Waals surface area contributed by atoms with Crippen molar-refractivity contribution in [1.82, 2.24) is 20.0 Å². The highest BCUT2D eigenvalue weighted by atomic mass is 32.1. The van der Waals surface area contributed by atoms with E-state index in [4.69, 9.17) is 9.26 Å². The predicted octanol–water partition coefficient (Wildman–Crippen LogP) is 1.94. The van der Waals surface area contributed by atoms with Crippen molar-refractivity contribution >= 4 is 17.2 Å². The second-order valence-electron chi connectivity index (χ2n) is 5.60. The second kappa shape index (κ2) is 6.53. The SMILES string of the molecule is CC(C)Cc1nc(C(=O)N2CCOC[C@@H]2c2ncon2)cs1. The molecule has 8 heteroatoms. The van der Waals surface area contributed by atoms with Crippen LogP contribution in [0.15, 0.2) is 16.3 Å². The van der Waals surface area contributed by atoms with Crippen molar-refractivity contribution in [1.29, 1.82) is 0 Å². The predicted molar refractivity (Wildman–Crippen MR) is 79.6 cm³/mol. The van der Waals surface area contributed by atoms with E-state index in [1.54, 1.807) is 4.90 Å². The number of thiazole rings is 1. The lowest BCUT2D eigenvalue weighted by atomic mass is 10.1. The molecule has 22 heavy (non-hydrogen) atoms. The van der Waals surface area contributed by atoms with Crippen LogP contribution in [-0.4, -0.2) is 45.7 Å². The monoisotopic (exact) mass is 322 g/mol. The highest BCUT2D eigenvalue weighted by Gasteiger charge is 2.33. The quantitative estimate of drug-likeness (QED) is 0.855. The summed E-state index contributed by atoms with van der Waals surface area (Å²) in [5.74, 6) is 0.875. The Kier molecular flexibility index (Phi) is 4.49. The maximum Gasteiger partial charge on any atom is 0.274 e. The first kappa shape index (κ1) is 15.1. The van der Waals surface area contributed by atoms with Gasteiger partial charge in [0.1, 0.15) is 11.7 Å². The van der Waals surface area contributed by atoms with Gasteiger partial charge in [0.05, 0.1) is 18.2 Å². The minimum atomic E-state index is -0.324. The number of rotatable bonds is 4. The molecular weight excluding hydrogens is 304 g/mol. The molecule has 0 radical (unpaired) electrons. The van der Waals surface area contributed by atoms with Gasteiger partial charge >= 0.3 is 0 Å². The van der Waals surface area contributed by atoms with Gasteiger partial charge in [-0.3, -0.25) is 4.79 Å². The van der Waals surface area contributed by atoms with Gasteiger partial charge in [-0.05, 0) is 5.92 Å². The summed E-state index contributed by atoms with van der Waals surface area (Å²) >= 11 is 1.53. The lowest BCUT2D eigenvalue weighted by Gasteiger charge is -2.33. The van der Waals surface area contributed by atoms with E-state index in [0.29, 0.717) is 37.2 Å². The van der Waals surface area contributed by atoms with Crippen molar-refractivity contribution < 1.29 is 14.1 Å². The zero-order valence-electron chi connectivity index (χ0n) is 12.6. The number of hydrogen-bond acceptors (Lipinski definition) is 7. The van der Waals surface area contributed by atoms with Gasteiger partial charge in [-0.15, -0.1) is 11.3 Å². The van der Waals surface area contributed by atoms with Crippen LogP contribution in [0.1, 0.15) is 41.2 Å². The third kappa shape index (κ3) is 3.17. The first-order valence-corrected chi connectivity index (χ1v) is 8.12. The molecule has 0 N–H and O–H groups in total. The number of carbonyl (C=O) groups excluding carboxylic acids is 1.